The molecule has 0 aromatic heterocycles. The Bertz CT molecular complexity index is 450. The first-order valence-electron chi connectivity index (χ1n) is 7.49. The van der Waals surface area contributed by atoms with E-state index >= 15 is 0 Å². The first-order chi connectivity index (χ1) is 9.54. The van der Waals surface area contributed by atoms with E-state index in [9.17, 15) is 8.78 Å². The van der Waals surface area contributed by atoms with E-state index in [2.05, 4.69) is 26.1 Å². The molecule has 2 nitrogen and oxygen atoms in total. The maximum atomic E-state index is 13.9. The molecule has 0 aliphatic carbocycles. The Morgan fingerprint density at radius 2 is 2.05 bits per heavy atom. The van der Waals surface area contributed by atoms with Crippen LogP contribution in [-0.2, 0) is 0 Å². The quantitative estimate of drug-likeness (QED) is 0.908. The fourth-order valence-corrected chi connectivity index (χ4v) is 3.03. The van der Waals surface area contributed by atoms with Gasteiger partial charge in [-0.3, -0.25) is 0 Å². The smallest absolute Gasteiger partial charge is 0.146 e. The van der Waals surface area contributed by atoms with Gasteiger partial charge >= 0.3 is 0 Å². The molecule has 0 amide bonds. The van der Waals surface area contributed by atoms with Crippen molar-refractivity contribution in [2.45, 2.75) is 45.7 Å². The molecule has 1 saturated heterocycles. The first-order valence-corrected chi connectivity index (χ1v) is 7.49. The third-order valence-electron chi connectivity index (χ3n) is 4.44. The summed E-state index contributed by atoms with van der Waals surface area (Å²) < 4.78 is 27.3. The monoisotopic (exact) mass is 282 g/mol. The topological polar surface area (TPSA) is 15.3 Å². The zero-order valence-electron chi connectivity index (χ0n) is 12.5. The predicted molar refractivity (Wildman–Crippen MR) is 79.0 cm³/mol. The summed E-state index contributed by atoms with van der Waals surface area (Å²) in [5.74, 6) is -0.323. The van der Waals surface area contributed by atoms with Crippen LogP contribution >= 0.6 is 0 Å². The van der Waals surface area contributed by atoms with Crippen molar-refractivity contribution < 1.29 is 8.78 Å². The molecule has 0 spiro atoms. The Hall–Kier alpha value is -1.16. The number of benzene rings is 1. The Morgan fingerprint density at radius 3 is 2.75 bits per heavy atom. The second-order valence-corrected chi connectivity index (χ2v) is 5.74. The van der Waals surface area contributed by atoms with Crippen LogP contribution in [-0.4, -0.2) is 25.2 Å². The molecule has 3 unspecified atom stereocenters. The van der Waals surface area contributed by atoms with Crippen LogP contribution in [0.15, 0.2) is 18.2 Å². The van der Waals surface area contributed by atoms with Gasteiger partial charge in [0.15, 0.2) is 0 Å². The number of hydrogen-bond acceptors (Lipinski definition) is 2. The molecule has 112 valence electrons. The summed E-state index contributed by atoms with van der Waals surface area (Å²) in [5, 5.41) is 3.55. The number of hydrogen-bond donors (Lipinski definition) is 1. The van der Waals surface area contributed by atoms with Crippen molar-refractivity contribution in [3.8, 4) is 0 Å². The largest absolute Gasteiger partial charge is 0.366 e. The minimum absolute atomic E-state index is 0.189. The summed E-state index contributed by atoms with van der Waals surface area (Å²) in [6, 6.07) is 4.33. The average molecular weight is 282 g/mol. The Labute approximate surface area is 120 Å². The highest BCUT2D eigenvalue weighted by Gasteiger charge is 2.33. The fourth-order valence-electron chi connectivity index (χ4n) is 3.03. The molecule has 20 heavy (non-hydrogen) atoms. The standard InChI is InChI=1S/C16H24F2N2/c1-4-8-19-15-7-9-20(12(3)11(15)2)16-10-13(17)5-6-14(16)18/h5-6,10-12,15,19H,4,7-9H2,1-3H3. The molecule has 2 rings (SSSR count). The van der Waals surface area contributed by atoms with Crippen LogP contribution in [0.4, 0.5) is 14.5 Å². The van der Waals surface area contributed by atoms with E-state index in [0.717, 1.165) is 25.9 Å². The molecule has 4 heteroatoms. The van der Waals surface area contributed by atoms with Gasteiger partial charge < -0.3 is 10.2 Å². The lowest BCUT2D eigenvalue weighted by Crippen LogP contribution is -2.53. The highest BCUT2D eigenvalue weighted by Crippen LogP contribution is 2.31. The molecular formula is C16H24F2N2. The van der Waals surface area contributed by atoms with Gasteiger partial charge in [-0.05, 0) is 44.4 Å². The molecule has 0 bridgehead atoms. The van der Waals surface area contributed by atoms with E-state index in [4.69, 9.17) is 0 Å². The van der Waals surface area contributed by atoms with Crippen LogP contribution < -0.4 is 10.2 Å². The van der Waals surface area contributed by atoms with Gasteiger partial charge in [0.05, 0.1) is 5.69 Å². The van der Waals surface area contributed by atoms with Crippen molar-refractivity contribution in [3.05, 3.63) is 29.8 Å². The van der Waals surface area contributed by atoms with Gasteiger partial charge in [0.2, 0.25) is 0 Å². The maximum absolute atomic E-state index is 13.9. The molecule has 1 aliphatic heterocycles. The molecule has 1 aliphatic rings. The zero-order valence-corrected chi connectivity index (χ0v) is 12.5. The van der Waals surface area contributed by atoms with Gasteiger partial charge in [0, 0.05) is 24.7 Å². The molecule has 1 heterocycles. The van der Waals surface area contributed by atoms with Crippen LogP contribution in [0.1, 0.15) is 33.6 Å². The van der Waals surface area contributed by atoms with E-state index in [1.165, 1.54) is 18.2 Å². The van der Waals surface area contributed by atoms with Crippen LogP contribution in [0.5, 0.6) is 0 Å². The lowest BCUT2D eigenvalue weighted by atomic mass is 9.86. The van der Waals surface area contributed by atoms with Gasteiger partial charge in [-0.2, -0.15) is 0 Å². The molecular weight excluding hydrogens is 258 g/mol. The number of nitrogens with one attached hydrogen (secondary N) is 1. The number of anilines is 1. The summed E-state index contributed by atoms with van der Waals surface area (Å²) in [6.07, 6.45) is 2.07. The van der Waals surface area contributed by atoms with E-state index < -0.39 is 0 Å². The minimum atomic E-state index is -0.382. The summed E-state index contributed by atoms with van der Waals surface area (Å²) in [5.41, 5.74) is 0.387. The Morgan fingerprint density at radius 1 is 1.30 bits per heavy atom. The number of rotatable bonds is 4. The third-order valence-corrected chi connectivity index (χ3v) is 4.44. The number of piperidine rings is 1. The normalized spacial score (nSPS) is 26.9. The predicted octanol–water partition coefficient (Wildman–Crippen LogP) is 3.57. The van der Waals surface area contributed by atoms with Gasteiger partial charge in [-0.15, -0.1) is 0 Å². The van der Waals surface area contributed by atoms with E-state index in [1.807, 2.05) is 4.90 Å². The SMILES string of the molecule is CCCNC1CCN(c2cc(F)ccc2F)C(C)C1C. The van der Waals surface area contributed by atoms with Crippen LogP contribution in [0.3, 0.4) is 0 Å². The van der Waals surface area contributed by atoms with Crippen molar-refractivity contribution in [1.29, 1.82) is 0 Å². The minimum Gasteiger partial charge on any atom is -0.366 e. The molecule has 1 N–H and O–H groups in total. The molecule has 0 saturated carbocycles. The lowest BCUT2D eigenvalue weighted by molar-refractivity contribution is 0.269. The molecule has 0 radical (unpaired) electrons. The van der Waals surface area contributed by atoms with Crippen LogP contribution in [0, 0.1) is 17.6 Å². The summed E-state index contributed by atoms with van der Waals surface area (Å²) in [7, 11) is 0. The van der Waals surface area contributed by atoms with Crippen molar-refractivity contribution >= 4 is 5.69 Å². The fraction of sp³-hybridized carbons (Fsp3) is 0.625. The van der Waals surface area contributed by atoms with Crippen LogP contribution in [0.2, 0.25) is 0 Å². The van der Waals surface area contributed by atoms with E-state index in [1.54, 1.807) is 0 Å². The zero-order chi connectivity index (χ0) is 14.7. The second kappa shape index (κ2) is 6.53. The molecule has 1 fully saturated rings. The Balaban J connectivity index is 2.13. The van der Waals surface area contributed by atoms with Gasteiger partial charge in [-0.1, -0.05) is 13.8 Å². The number of halogens is 2. The third kappa shape index (κ3) is 3.11. The highest BCUT2D eigenvalue weighted by atomic mass is 19.1. The second-order valence-electron chi connectivity index (χ2n) is 5.74. The maximum Gasteiger partial charge on any atom is 0.146 e. The average Bonchev–Trinajstić information content (AvgIpc) is 2.43. The summed E-state index contributed by atoms with van der Waals surface area (Å²) in [6.45, 7) is 8.19. The van der Waals surface area contributed by atoms with Crippen molar-refractivity contribution in [1.82, 2.24) is 5.32 Å². The molecule has 1 aromatic carbocycles. The number of nitrogens with zero attached hydrogens (tertiary/aromatic N) is 1. The molecule has 3 atom stereocenters. The van der Waals surface area contributed by atoms with Gasteiger partial charge in [-0.25, -0.2) is 8.78 Å². The summed E-state index contributed by atoms with van der Waals surface area (Å²) in [4.78, 5) is 1.99. The van der Waals surface area contributed by atoms with Crippen molar-refractivity contribution in [2.75, 3.05) is 18.0 Å². The first kappa shape index (κ1) is 15.2. The highest BCUT2D eigenvalue weighted by molar-refractivity contribution is 5.49. The van der Waals surface area contributed by atoms with Crippen molar-refractivity contribution in [3.63, 3.8) is 0 Å². The van der Waals surface area contributed by atoms with Gasteiger partial charge in [0.25, 0.3) is 0 Å². The van der Waals surface area contributed by atoms with Crippen LogP contribution in [0.25, 0.3) is 0 Å². The van der Waals surface area contributed by atoms with E-state index in [-0.39, 0.29) is 17.7 Å². The van der Waals surface area contributed by atoms with Crippen molar-refractivity contribution in [2.24, 2.45) is 5.92 Å². The van der Waals surface area contributed by atoms with Gasteiger partial charge in [0.1, 0.15) is 11.6 Å². The summed E-state index contributed by atoms with van der Waals surface area (Å²) >= 11 is 0. The Kier molecular flexibility index (Phi) is 4.97. The molecule has 1 aromatic rings. The van der Waals surface area contributed by atoms with E-state index in [0.29, 0.717) is 17.6 Å². The lowest BCUT2D eigenvalue weighted by Gasteiger charge is -2.44.